The molecule has 0 radical (unpaired) electrons. The molecule has 3 heteroatoms. The number of rotatable bonds is 1. The van der Waals surface area contributed by atoms with E-state index >= 15 is 0 Å². The maximum Gasteiger partial charge on any atom is 0.226 e. The molecule has 0 bridgehead atoms. The summed E-state index contributed by atoms with van der Waals surface area (Å²) in [5, 5.41) is 3.36. The molecule has 1 saturated heterocycles. The Morgan fingerprint density at radius 2 is 2.00 bits per heavy atom. The number of hydrogen-bond acceptors (Lipinski definition) is 2. The lowest BCUT2D eigenvalue weighted by atomic mass is 9.68. The highest BCUT2D eigenvalue weighted by atomic mass is 16.2. The summed E-state index contributed by atoms with van der Waals surface area (Å²) < 4.78 is 0. The maximum absolute atomic E-state index is 12.6. The van der Waals surface area contributed by atoms with Crippen LogP contribution in [0.2, 0.25) is 0 Å². The molecule has 1 aliphatic heterocycles. The van der Waals surface area contributed by atoms with Gasteiger partial charge in [0.15, 0.2) is 0 Å². The smallest absolute Gasteiger partial charge is 0.226 e. The molecule has 17 heavy (non-hydrogen) atoms. The Labute approximate surface area is 105 Å². The van der Waals surface area contributed by atoms with Crippen molar-refractivity contribution < 1.29 is 4.79 Å². The Bertz CT molecular complexity index is 267. The first-order valence-electron chi connectivity index (χ1n) is 7.11. The van der Waals surface area contributed by atoms with Crippen LogP contribution in [0.4, 0.5) is 0 Å². The number of carbonyl (C=O) groups is 1. The van der Waals surface area contributed by atoms with Crippen LogP contribution >= 0.6 is 0 Å². The van der Waals surface area contributed by atoms with Gasteiger partial charge in [0.05, 0.1) is 0 Å². The van der Waals surface area contributed by atoms with Gasteiger partial charge in [0.2, 0.25) is 5.91 Å². The van der Waals surface area contributed by atoms with E-state index in [2.05, 4.69) is 24.1 Å². The SMILES string of the molecule is CC1(C)CCCCC1C(=O)N1CCCNCC1. The van der Waals surface area contributed by atoms with E-state index in [-0.39, 0.29) is 11.3 Å². The molecule has 1 saturated carbocycles. The first-order chi connectivity index (χ1) is 8.11. The molecular formula is C14H26N2O. The van der Waals surface area contributed by atoms with Gasteiger partial charge >= 0.3 is 0 Å². The van der Waals surface area contributed by atoms with E-state index in [4.69, 9.17) is 0 Å². The third-order valence-corrected chi connectivity index (χ3v) is 4.46. The van der Waals surface area contributed by atoms with E-state index in [1.165, 1.54) is 19.3 Å². The van der Waals surface area contributed by atoms with Crippen molar-refractivity contribution in [3.05, 3.63) is 0 Å². The van der Waals surface area contributed by atoms with Crippen molar-refractivity contribution in [2.24, 2.45) is 11.3 Å². The Kier molecular flexibility index (Phi) is 4.08. The third-order valence-electron chi connectivity index (χ3n) is 4.46. The monoisotopic (exact) mass is 238 g/mol. The van der Waals surface area contributed by atoms with E-state index in [0.29, 0.717) is 5.91 Å². The standard InChI is InChI=1S/C14H26N2O/c1-14(2)7-4-3-6-12(14)13(17)16-10-5-8-15-9-11-16/h12,15H,3-11H2,1-2H3. The molecule has 2 fully saturated rings. The molecule has 1 atom stereocenters. The van der Waals surface area contributed by atoms with Crippen LogP contribution in [0.3, 0.4) is 0 Å². The molecule has 0 aromatic heterocycles. The number of nitrogens with one attached hydrogen (secondary N) is 1. The summed E-state index contributed by atoms with van der Waals surface area (Å²) >= 11 is 0. The highest BCUT2D eigenvalue weighted by Crippen LogP contribution is 2.41. The van der Waals surface area contributed by atoms with Gasteiger partial charge in [0.1, 0.15) is 0 Å². The molecule has 1 unspecified atom stereocenters. The number of nitrogens with zero attached hydrogens (tertiary/aromatic N) is 1. The molecule has 1 aliphatic carbocycles. The lowest BCUT2D eigenvalue weighted by molar-refractivity contribution is -0.141. The van der Waals surface area contributed by atoms with Crippen LogP contribution in [0.1, 0.15) is 46.0 Å². The normalized spacial score (nSPS) is 29.8. The van der Waals surface area contributed by atoms with Crippen LogP contribution in [0.5, 0.6) is 0 Å². The molecule has 0 spiro atoms. The van der Waals surface area contributed by atoms with E-state index in [0.717, 1.165) is 39.0 Å². The predicted molar refractivity (Wildman–Crippen MR) is 69.8 cm³/mol. The van der Waals surface area contributed by atoms with Crippen LogP contribution in [0, 0.1) is 11.3 Å². The Balaban J connectivity index is 2.01. The van der Waals surface area contributed by atoms with Crippen molar-refractivity contribution in [2.45, 2.75) is 46.0 Å². The molecule has 1 heterocycles. The van der Waals surface area contributed by atoms with Crippen LogP contribution in [-0.2, 0) is 4.79 Å². The van der Waals surface area contributed by atoms with Gasteiger partial charge < -0.3 is 10.2 Å². The van der Waals surface area contributed by atoms with Crippen molar-refractivity contribution >= 4 is 5.91 Å². The van der Waals surface area contributed by atoms with Crippen molar-refractivity contribution in [3.8, 4) is 0 Å². The summed E-state index contributed by atoms with van der Waals surface area (Å²) in [5.74, 6) is 0.674. The van der Waals surface area contributed by atoms with Gasteiger partial charge in [-0.15, -0.1) is 0 Å². The minimum absolute atomic E-state index is 0.203. The fraction of sp³-hybridized carbons (Fsp3) is 0.929. The van der Waals surface area contributed by atoms with Crippen molar-refractivity contribution in [1.29, 1.82) is 0 Å². The summed E-state index contributed by atoms with van der Waals surface area (Å²) in [6.45, 7) is 8.39. The van der Waals surface area contributed by atoms with E-state index in [9.17, 15) is 4.79 Å². The molecule has 2 rings (SSSR count). The number of hydrogen-bond donors (Lipinski definition) is 1. The topological polar surface area (TPSA) is 32.3 Å². The second-order valence-corrected chi connectivity index (χ2v) is 6.22. The average Bonchev–Trinajstić information content (AvgIpc) is 2.56. The summed E-state index contributed by atoms with van der Waals surface area (Å²) in [5.41, 5.74) is 0.203. The fourth-order valence-corrected chi connectivity index (χ4v) is 3.24. The Morgan fingerprint density at radius 1 is 1.18 bits per heavy atom. The van der Waals surface area contributed by atoms with Gasteiger partial charge in [-0.3, -0.25) is 4.79 Å². The second-order valence-electron chi connectivity index (χ2n) is 6.22. The Hall–Kier alpha value is -0.570. The van der Waals surface area contributed by atoms with Gasteiger partial charge in [-0.2, -0.15) is 0 Å². The maximum atomic E-state index is 12.6. The van der Waals surface area contributed by atoms with Crippen molar-refractivity contribution in [3.63, 3.8) is 0 Å². The Morgan fingerprint density at radius 3 is 2.76 bits per heavy atom. The first kappa shape index (κ1) is 12.9. The summed E-state index contributed by atoms with van der Waals surface area (Å²) in [7, 11) is 0. The van der Waals surface area contributed by atoms with Gasteiger partial charge in [-0.25, -0.2) is 0 Å². The van der Waals surface area contributed by atoms with E-state index < -0.39 is 0 Å². The quantitative estimate of drug-likeness (QED) is 0.758. The molecular weight excluding hydrogens is 212 g/mol. The number of carbonyl (C=O) groups excluding carboxylic acids is 1. The minimum atomic E-state index is 0.203. The molecule has 1 amide bonds. The van der Waals surface area contributed by atoms with Crippen LogP contribution in [0.25, 0.3) is 0 Å². The summed E-state index contributed by atoms with van der Waals surface area (Å²) in [4.78, 5) is 14.7. The molecule has 98 valence electrons. The molecule has 0 aromatic rings. The largest absolute Gasteiger partial charge is 0.341 e. The lowest BCUT2D eigenvalue weighted by Gasteiger charge is -2.40. The van der Waals surface area contributed by atoms with Crippen molar-refractivity contribution in [2.75, 3.05) is 26.2 Å². The molecule has 1 N–H and O–H groups in total. The van der Waals surface area contributed by atoms with Gasteiger partial charge in [0.25, 0.3) is 0 Å². The first-order valence-corrected chi connectivity index (χ1v) is 7.11. The molecule has 3 nitrogen and oxygen atoms in total. The van der Waals surface area contributed by atoms with Crippen LogP contribution in [-0.4, -0.2) is 37.0 Å². The zero-order valence-electron chi connectivity index (χ0n) is 11.3. The highest BCUT2D eigenvalue weighted by molar-refractivity contribution is 5.79. The van der Waals surface area contributed by atoms with Gasteiger partial charge in [0, 0.05) is 25.6 Å². The van der Waals surface area contributed by atoms with Gasteiger partial charge in [-0.1, -0.05) is 26.7 Å². The predicted octanol–water partition coefficient (Wildman–Crippen LogP) is 2.02. The zero-order chi connectivity index (χ0) is 12.3. The van der Waals surface area contributed by atoms with Crippen LogP contribution in [0.15, 0.2) is 0 Å². The third kappa shape index (κ3) is 3.01. The van der Waals surface area contributed by atoms with E-state index in [1.807, 2.05) is 0 Å². The van der Waals surface area contributed by atoms with Crippen LogP contribution < -0.4 is 5.32 Å². The number of amides is 1. The minimum Gasteiger partial charge on any atom is -0.341 e. The van der Waals surface area contributed by atoms with Gasteiger partial charge in [-0.05, 0) is 31.2 Å². The highest BCUT2D eigenvalue weighted by Gasteiger charge is 2.39. The average molecular weight is 238 g/mol. The summed E-state index contributed by atoms with van der Waals surface area (Å²) in [6, 6.07) is 0. The fourth-order valence-electron chi connectivity index (χ4n) is 3.24. The molecule has 2 aliphatic rings. The second kappa shape index (κ2) is 5.38. The van der Waals surface area contributed by atoms with Crippen molar-refractivity contribution in [1.82, 2.24) is 10.2 Å². The zero-order valence-corrected chi connectivity index (χ0v) is 11.3. The molecule has 0 aromatic carbocycles. The van der Waals surface area contributed by atoms with E-state index in [1.54, 1.807) is 0 Å². The summed E-state index contributed by atoms with van der Waals surface area (Å²) in [6.07, 6.45) is 5.91. The lowest BCUT2D eigenvalue weighted by Crippen LogP contribution is -2.44.